The van der Waals surface area contributed by atoms with E-state index in [-0.39, 0.29) is 26.0 Å². The number of ether oxygens (including phenoxy) is 5. The van der Waals surface area contributed by atoms with Gasteiger partial charge in [0.2, 0.25) is 0 Å². The quantitative estimate of drug-likeness (QED) is 0.0745. The number of hydrogen-bond acceptors (Lipinski definition) is 11. The molecular weight excluding hydrogens is 652 g/mol. The fraction of sp³-hybridized carbons (Fsp3) is 0.531. The maximum Gasteiger partial charge on any atom is 0.410 e. The maximum atomic E-state index is 13.6. The minimum absolute atomic E-state index is 0.0499. The van der Waals surface area contributed by atoms with Gasteiger partial charge in [0.25, 0.3) is 0 Å². The van der Waals surface area contributed by atoms with E-state index < -0.39 is 72.9 Å². The minimum atomic E-state index is -1.41. The van der Waals surface area contributed by atoms with Crippen LogP contribution in [0.4, 0.5) is 4.79 Å². The number of esters is 2. The predicted octanol–water partition coefficient (Wildman–Crippen LogP) is 6.41. The first kappa shape index (κ1) is 37.3. The summed E-state index contributed by atoms with van der Waals surface area (Å²) >= 11 is 0. The summed E-state index contributed by atoms with van der Waals surface area (Å²) in [5.74, 6) is -1.53. The number of rotatable bonds is 13. The monoisotopic (exact) mass is 690 g/mol. The van der Waals surface area contributed by atoms with E-state index in [1.165, 1.54) is 0 Å². The molecule has 1 aliphatic heterocycles. The molecule has 264 valence electrons. The van der Waals surface area contributed by atoms with Crippen LogP contribution in [0.2, 0.25) is 0 Å². The smallest absolute Gasteiger partial charge is 0.410 e. The van der Waals surface area contributed by atoms with Crippen LogP contribution in [-0.4, -0.2) is 77.8 Å². The molecule has 0 N–H and O–H groups in total. The van der Waals surface area contributed by atoms with E-state index in [1.807, 2.05) is 60.7 Å². The van der Waals surface area contributed by atoms with Gasteiger partial charge in [0.1, 0.15) is 18.8 Å². The van der Waals surface area contributed by atoms with Crippen LogP contribution in [-0.2, 0) is 46.4 Å². The van der Waals surface area contributed by atoms with Crippen LogP contribution in [0.1, 0.15) is 51.2 Å². The van der Waals surface area contributed by atoms with Gasteiger partial charge in [-0.05, 0) is 53.9 Å². The van der Waals surface area contributed by atoms with Crippen molar-refractivity contribution in [3.63, 3.8) is 0 Å². The van der Waals surface area contributed by atoms with Gasteiger partial charge >= 0.3 is 18.0 Å². The Morgan fingerprint density at radius 1 is 0.800 bits per heavy atom. The lowest BCUT2D eigenvalue weighted by Gasteiger charge is -2.46. The van der Waals surface area contributed by atoms with Crippen molar-refractivity contribution in [2.45, 2.75) is 108 Å². The first-order valence-corrected chi connectivity index (χ1v) is 15.9. The fourth-order valence-electron chi connectivity index (χ4n) is 6.10. The molecule has 18 nitrogen and oxygen atoms in total. The highest BCUT2D eigenvalue weighted by atomic mass is 16.7. The molecule has 9 atom stereocenters. The van der Waals surface area contributed by atoms with Gasteiger partial charge in [-0.25, -0.2) is 4.79 Å². The fourth-order valence-corrected chi connectivity index (χ4v) is 6.10. The zero-order valence-corrected chi connectivity index (χ0v) is 27.7. The van der Waals surface area contributed by atoms with E-state index in [1.54, 1.807) is 11.8 Å². The van der Waals surface area contributed by atoms with Crippen LogP contribution in [0, 0.1) is 0 Å². The third-order valence-corrected chi connectivity index (χ3v) is 8.42. The third kappa shape index (κ3) is 10.0. The average molecular weight is 691 g/mol. The van der Waals surface area contributed by atoms with Crippen molar-refractivity contribution < 1.29 is 38.1 Å². The highest BCUT2D eigenvalue weighted by Gasteiger charge is 2.51. The Hall–Kier alpha value is -5.50. The summed E-state index contributed by atoms with van der Waals surface area (Å²) in [6.07, 6.45) is -6.07. The van der Waals surface area contributed by atoms with Crippen LogP contribution in [0.3, 0.4) is 0 Å². The SMILES string of the molecule is CC(=O)O[C@@H]1[C@@H](OC(C)=O)[C@H](N=[N+]=[N-])C[C@H](N=[N+]=[N-])[C@H]1O[C@H]1O[C@H]([C@@H](C)N(Cc2ccccc2)C(=O)OCc2ccccc2)CC[C@H]1N=[N+]=[N-]. The normalized spacial score (nSPS) is 26.4. The molecule has 4 rings (SSSR count). The largest absolute Gasteiger partial charge is 0.458 e. The van der Waals surface area contributed by atoms with Crippen LogP contribution >= 0.6 is 0 Å². The van der Waals surface area contributed by atoms with Crippen LogP contribution in [0.5, 0.6) is 0 Å². The van der Waals surface area contributed by atoms with Crippen molar-refractivity contribution in [1.82, 2.24) is 4.90 Å². The Labute approximate surface area is 287 Å². The molecule has 1 heterocycles. The summed E-state index contributed by atoms with van der Waals surface area (Å²) in [6, 6.07) is 14.9. The number of nitrogens with zero attached hydrogens (tertiary/aromatic N) is 10. The molecule has 1 saturated heterocycles. The second-order valence-corrected chi connectivity index (χ2v) is 11.8. The number of hydrogen-bond donors (Lipinski definition) is 0. The van der Waals surface area contributed by atoms with Gasteiger partial charge in [-0.1, -0.05) is 76.0 Å². The number of benzene rings is 2. The molecular formula is C32H38N10O8. The van der Waals surface area contributed by atoms with Gasteiger partial charge in [0, 0.05) is 35.1 Å². The summed E-state index contributed by atoms with van der Waals surface area (Å²) < 4.78 is 29.5. The summed E-state index contributed by atoms with van der Waals surface area (Å²) in [5, 5.41) is 11.4. The molecule has 50 heavy (non-hydrogen) atoms. The van der Waals surface area contributed by atoms with Gasteiger partial charge in [-0.3, -0.25) is 14.5 Å². The number of azide groups is 3. The van der Waals surface area contributed by atoms with E-state index in [0.717, 1.165) is 25.0 Å². The molecule has 1 saturated carbocycles. The Morgan fingerprint density at radius 2 is 1.34 bits per heavy atom. The van der Waals surface area contributed by atoms with Gasteiger partial charge in [0.05, 0.1) is 30.3 Å². The van der Waals surface area contributed by atoms with Crippen molar-refractivity contribution in [1.29, 1.82) is 0 Å². The molecule has 0 bridgehead atoms. The highest BCUT2D eigenvalue weighted by molar-refractivity contribution is 5.68. The molecule has 2 aromatic rings. The second kappa shape index (κ2) is 18.3. The molecule has 18 heteroatoms. The number of carbonyl (C=O) groups excluding carboxylic acids is 3. The van der Waals surface area contributed by atoms with Crippen molar-refractivity contribution in [3.05, 3.63) is 103 Å². The first-order valence-electron chi connectivity index (χ1n) is 15.9. The van der Waals surface area contributed by atoms with E-state index >= 15 is 0 Å². The lowest BCUT2D eigenvalue weighted by molar-refractivity contribution is -0.263. The van der Waals surface area contributed by atoms with Crippen LogP contribution < -0.4 is 0 Å². The van der Waals surface area contributed by atoms with Crippen LogP contribution in [0.15, 0.2) is 76.0 Å². The number of amides is 1. The Morgan fingerprint density at radius 3 is 1.92 bits per heavy atom. The average Bonchev–Trinajstić information content (AvgIpc) is 3.10. The number of carbonyl (C=O) groups is 3. The highest BCUT2D eigenvalue weighted by Crippen LogP contribution is 2.36. The van der Waals surface area contributed by atoms with Gasteiger partial charge in [-0.2, -0.15) is 0 Å². The van der Waals surface area contributed by atoms with Crippen molar-refractivity contribution in [2.75, 3.05) is 0 Å². The minimum Gasteiger partial charge on any atom is -0.458 e. The standard InChI is InChI=1S/C32H38N10O8/c1-19(42(17-22-10-6-4-7-11-22)32(45)46-18-23-12-8-5-9-13-23)27-15-14-24(36-39-33)31(49-27)50-29-26(38-41-35)16-25(37-40-34)28(47-20(2)43)30(29)48-21(3)44/h4-13,19,24-31H,14-18H2,1-3H3/t19-,24-,25-,26+,27+,28+,29-,30-,31-/m1/s1. The molecule has 0 radical (unpaired) electrons. The van der Waals surface area contributed by atoms with Gasteiger partial charge in [-0.15, -0.1) is 0 Å². The summed E-state index contributed by atoms with van der Waals surface area (Å²) in [4.78, 5) is 48.2. The molecule has 0 spiro atoms. The first-order chi connectivity index (χ1) is 24.1. The lowest BCUT2D eigenvalue weighted by atomic mass is 9.84. The molecule has 2 aliphatic rings. The third-order valence-electron chi connectivity index (χ3n) is 8.42. The molecule has 0 unspecified atom stereocenters. The second-order valence-electron chi connectivity index (χ2n) is 11.8. The topological polar surface area (TPSA) is 247 Å². The summed E-state index contributed by atoms with van der Waals surface area (Å²) in [6.45, 7) is 4.30. The molecule has 2 aromatic carbocycles. The zero-order chi connectivity index (χ0) is 36.0. The van der Waals surface area contributed by atoms with E-state index in [9.17, 15) is 31.0 Å². The summed E-state index contributed by atoms with van der Waals surface area (Å²) in [5.41, 5.74) is 29.6. The van der Waals surface area contributed by atoms with Gasteiger partial charge < -0.3 is 23.7 Å². The molecule has 1 aliphatic carbocycles. The maximum absolute atomic E-state index is 13.6. The van der Waals surface area contributed by atoms with Crippen molar-refractivity contribution in [3.8, 4) is 0 Å². The van der Waals surface area contributed by atoms with Crippen LogP contribution in [0.25, 0.3) is 31.3 Å². The lowest BCUT2D eigenvalue weighted by Crippen LogP contribution is -2.60. The van der Waals surface area contributed by atoms with E-state index in [4.69, 9.17) is 23.7 Å². The van der Waals surface area contributed by atoms with E-state index in [2.05, 4.69) is 30.1 Å². The zero-order valence-electron chi connectivity index (χ0n) is 27.7. The molecule has 1 amide bonds. The Balaban J connectivity index is 1.64. The van der Waals surface area contributed by atoms with Crippen molar-refractivity contribution >= 4 is 18.0 Å². The summed E-state index contributed by atoms with van der Waals surface area (Å²) in [7, 11) is 0. The molecule has 0 aromatic heterocycles. The van der Waals surface area contributed by atoms with E-state index in [0.29, 0.717) is 6.42 Å². The Kier molecular flexibility index (Phi) is 13.7. The van der Waals surface area contributed by atoms with Gasteiger partial charge in [0.15, 0.2) is 12.4 Å². The molecule has 2 fully saturated rings. The Bertz CT molecular complexity index is 1620. The predicted molar refractivity (Wildman–Crippen MR) is 175 cm³/mol. The van der Waals surface area contributed by atoms with Crippen molar-refractivity contribution in [2.24, 2.45) is 15.3 Å².